The average molecular weight is 259 g/mol. The van der Waals surface area contributed by atoms with Crippen molar-refractivity contribution in [3.63, 3.8) is 0 Å². The van der Waals surface area contributed by atoms with Gasteiger partial charge in [-0.15, -0.1) is 12.4 Å². The van der Waals surface area contributed by atoms with Gasteiger partial charge in [-0.3, -0.25) is 4.90 Å². The summed E-state index contributed by atoms with van der Waals surface area (Å²) in [7, 11) is 0. The lowest BCUT2D eigenvalue weighted by Gasteiger charge is -2.30. The highest BCUT2D eigenvalue weighted by atomic mass is 35.5. The highest BCUT2D eigenvalue weighted by Gasteiger charge is 2.29. The summed E-state index contributed by atoms with van der Waals surface area (Å²) in [6, 6.07) is 0.555. The molecule has 2 heterocycles. The van der Waals surface area contributed by atoms with Crippen LogP contribution >= 0.6 is 12.4 Å². The lowest BCUT2D eigenvalue weighted by molar-refractivity contribution is 0.177. The summed E-state index contributed by atoms with van der Waals surface area (Å²) < 4.78 is 5.28. The molecule has 0 radical (unpaired) electrons. The first kappa shape index (κ1) is 12.8. The van der Waals surface area contributed by atoms with Crippen molar-refractivity contribution in [3.05, 3.63) is 11.7 Å². The second-order valence-corrected chi connectivity index (χ2v) is 4.91. The fourth-order valence-corrected chi connectivity index (χ4v) is 2.19. The minimum absolute atomic E-state index is 0. The van der Waals surface area contributed by atoms with Crippen LogP contribution in [0, 0.1) is 0 Å². The number of aromatic nitrogens is 2. The Morgan fingerprint density at radius 3 is 3.00 bits per heavy atom. The molecule has 6 heteroatoms. The monoisotopic (exact) mass is 258 g/mol. The number of rotatable bonds is 3. The molecule has 1 unspecified atom stereocenters. The van der Waals surface area contributed by atoms with E-state index in [1.165, 1.54) is 12.8 Å². The second kappa shape index (κ2) is 5.33. The summed E-state index contributed by atoms with van der Waals surface area (Å²) in [6.45, 7) is 6.17. The van der Waals surface area contributed by atoms with Gasteiger partial charge in [0, 0.05) is 31.6 Å². The van der Waals surface area contributed by atoms with Crippen LogP contribution in [-0.4, -0.2) is 40.7 Å². The van der Waals surface area contributed by atoms with Crippen LogP contribution < -0.4 is 5.32 Å². The fourth-order valence-electron chi connectivity index (χ4n) is 2.19. The maximum absolute atomic E-state index is 5.28. The van der Waals surface area contributed by atoms with Gasteiger partial charge in [0.25, 0.3) is 0 Å². The highest BCUT2D eigenvalue weighted by molar-refractivity contribution is 5.85. The molecule has 96 valence electrons. The number of halogens is 1. The lowest BCUT2D eigenvalue weighted by atomic mass is 10.2. The standard InChI is InChI=1S/C11H18N4O.ClH/c1-8-6-15(5-4-12-8)7-10-13-11(14-16-10)9-2-3-9;/h8-9,12H,2-7H2,1H3;1H. The molecule has 3 rings (SSSR count). The molecule has 1 aliphatic heterocycles. The molecular weight excluding hydrogens is 240 g/mol. The summed E-state index contributed by atoms with van der Waals surface area (Å²) in [5, 5.41) is 7.46. The number of piperazine rings is 1. The maximum Gasteiger partial charge on any atom is 0.240 e. The second-order valence-electron chi connectivity index (χ2n) is 4.91. The van der Waals surface area contributed by atoms with Crippen LogP contribution in [0.4, 0.5) is 0 Å². The number of hydrogen-bond acceptors (Lipinski definition) is 5. The van der Waals surface area contributed by atoms with Gasteiger partial charge in [0.1, 0.15) is 0 Å². The Morgan fingerprint density at radius 2 is 2.29 bits per heavy atom. The topological polar surface area (TPSA) is 54.2 Å². The Labute approximate surface area is 107 Å². The molecule has 0 aromatic carbocycles. The van der Waals surface area contributed by atoms with E-state index in [9.17, 15) is 0 Å². The van der Waals surface area contributed by atoms with Gasteiger partial charge < -0.3 is 9.84 Å². The highest BCUT2D eigenvalue weighted by Crippen LogP contribution is 2.38. The largest absolute Gasteiger partial charge is 0.338 e. The predicted molar refractivity (Wildman–Crippen MR) is 66.3 cm³/mol. The predicted octanol–water partition coefficient (Wildman–Crippen LogP) is 1.16. The van der Waals surface area contributed by atoms with Crippen molar-refractivity contribution in [2.45, 2.75) is 38.3 Å². The van der Waals surface area contributed by atoms with E-state index < -0.39 is 0 Å². The Hall–Kier alpha value is -0.650. The molecule has 5 nitrogen and oxygen atoms in total. The van der Waals surface area contributed by atoms with Crippen molar-refractivity contribution < 1.29 is 4.52 Å². The zero-order chi connectivity index (χ0) is 11.0. The van der Waals surface area contributed by atoms with E-state index in [0.29, 0.717) is 12.0 Å². The van der Waals surface area contributed by atoms with Crippen LogP contribution in [0.5, 0.6) is 0 Å². The van der Waals surface area contributed by atoms with Gasteiger partial charge in [0.15, 0.2) is 5.82 Å². The summed E-state index contributed by atoms with van der Waals surface area (Å²) in [5.74, 6) is 2.27. The molecule has 0 spiro atoms. The molecule has 17 heavy (non-hydrogen) atoms. The average Bonchev–Trinajstić information content (AvgIpc) is 3.01. The zero-order valence-electron chi connectivity index (χ0n) is 10.1. The molecule has 1 aliphatic carbocycles. The van der Waals surface area contributed by atoms with Crippen molar-refractivity contribution >= 4 is 12.4 Å². The third-order valence-corrected chi connectivity index (χ3v) is 3.24. The van der Waals surface area contributed by atoms with Gasteiger partial charge in [0.05, 0.1) is 6.54 Å². The van der Waals surface area contributed by atoms with Gasteiger partial charge in [-0.25, -0.2) is 0 Å². The van der Waals surface area contributed by atoms with Gasteiger partial charge >= 0.3 is 0 Å². The summed E-state index contributed by atoms with van der Waals surface area (Å²) >= 11 is 0. The van der Waals surface area contributed by atoms with E-state index in [2.05, 4.69) is 27.3 Å². The molecular formula is C11H19ClN4O. The minimum atomic E-state index is 0. The first-order chi connectivity index (χ1) is 7.81. The molecule has 2 aliphatic rings. The third kappa shape index (κ3) is 3.18. The smallest absolute Gasteiger partial charge is 0.240 e. The van der Waals surface area contributed by atoms with Crippen molar-refractivity contribution in [1.29, 1.82) is 0 Å². The van der Waals surface area contributed by atoms with Crippen LogP contribution in [0.3, 0.4) is 0 Å². The number of hydrogen-bond donors (Lipinski definition) is 1. The molecule has 1 N–H and O–H groups in total. The van der Waals surface area contributed by atoms with Crippen molar-refractivity contribution in [2.75, 3.05) is 19.6 Å². The van der Waals surface area contributed by atoms with Crippen LogP contribution in [-0.2, 0) is 6.54 Å². The van der Waals surface area contributed by atoms with Crippen LogP contribution in [0.25, 0.3) is 0 Å². The van der Waals surface area contributed by atoms with Gasteiger partial charge in [-0.05, 0) is 19.8 Å². The normalized spacial score (nSPS) is 25.6. The van der Waals surface area contributed by atoms with Crippen LogP contribution in [0.2, 0.25) is 0 Å². The van der Waals surface area contributed by atoms with Crippen molar-refractivity contribution in [2.24, 2.45) is 0 Å². The molecule has 2 fully saturated rings. The zero-order valence-corrected chi connectivity index (χ0v) is 10.9. The van der Waals surface area contributed by atoms with E-state index in [0.717, 1.165) is 37.9 Å². The Bertz CT molecular complexity index is 366. The number of nitrogens with zero attached hydrogens (tertiary/aromatic N) is 3. The van der Waals surface area contributed by atoms with Crippen LogP contribution in [0.15, 0.2) is 4.52 Å². The van der Waals surface area contributed by atoms with E-state index >= 15 is 0 Å². The maximum atomic E-state index is 5.28. The number of nitrogens with one attached hydrogen (secondary N) is 1. The van der Waals surface area contributed by atoms with E-state index in [1.807, 2.05) is 0 Å². The molecule has 1 atom stereocenters. The molecule has 0 amide bonds. The summed E-state index contributed by atoms with van der Waals surface area (Å²) in [6.07, 6.45) is 2.45. The minimum Gasteiger partial charge on any atom is -0.338 e. The van der Waals surface area contributed by atoms with E-state index in [4.69, 9.17) is 4.52 Å². The quantitative estimate of drug-likeness (QED) is 0.882. The Morgan fingerprint density at radius 1 is 1.47 bits per heavy atom. The molecule has 1 aromatic rings. The lowest BCUT2D eigenvalue weighted by Crippen LogP contribution is -2.48. The molecule has 1 aromatic heterocycles. The van der Waals surface area contributed by atoms with Gasteiger partial charge in [-0.2, -0.15) is 4.98 Å². The van der Waals surface area contributed by atoms with E-state index in [-0.39, 0.29) is 12.4 Å². The SMILES string of the molecule is CC1CN(Cc2nc(C3CC3)no2)CCN1.Cl. The summed E-state index contributed by atoms with van der Waals surface area (Å²) in [5.41, 5.74) is 0. The first-order valence-electron chi connectivity index (χ1n) is 6.09. The first-order valence-corrected chi connectivity index (χ1v) is 6.09. The van der Waals surface area contributed by atoms with E-state index in [1.54, 1.807) is 0 Å². The molecule has 1 saturated heterocycles. The Kier molecular flexibility index (Phi) is 4.01. The molecule has 1 saturated carbocycles. The van der Waals surface area contributed by atoms with Crippen LogP contribution in [0.1, 0.15) is 37.4 Å². The van der Waals surface area contributed by atoms with Gasteiger partial charge in [0.2, 0.25) is 5.89 Å². The van der Waals surface area contributed by atoms with Crippen molar-refractivity contribution in [1.82, 2.24) is 20.4 Å². The Balaban J connectivity index is 0.00000108. The fraction of sp³-hybridized carbons (Fsp3) is 0.818. The third-order valence-electron chi connectivity index (χ3n) is 3.24. The summed E-state index contributed by atoms with van der Waals surface area (Å²) in [4.78, 5) is 6.82. The van der Waals surface area contributed by atoms with Crippen molar-refractivity contribution in [3.8, 4) is 0 Å². The molecule has 0 bridgehead atoms. The van der Waals surface area contributed by atoms with Gasteiger partial charge in [-0.1, -0.05) is 5.16 Å².